The average molecular weight is 288 g/mol. The third-order valence-corrected chi connectivity index (χ3v) is 4.30. The molecule has 1 aromatic carbocycles. The van der Waals surface area contributed by atoms with Gasteiger partial charge in [-0.3, -0.25) is 4.79 Å². The molecule has 1 heterocycles. The maximum Gasteiger partial charge on any atom is 0.251 e. The van der Waals surface area contributed by atoms with E-state index in [4.69, 9.17) is 5.73 Å². The molecular weight excluding hydrogens is 268 g/mol. The molecule has 1 amide bonds. The van der Waals surface area contributed by atoms with Crippen LogP contribution in [0.3, 0.4) is 0 Å². The highest BCUT2D eigenvalue weighted by Crippen LogP contribution is 2.24. The smallest absolute Gasteiger partial charge is 0.251 e. The Bertz CT molecular complexity index is 578. The number of nitrogens with two attached hydrogens (primary N) is 1. The van der Waals surface area contributed by atoms with Crippen molar-refractivity contribution in [2.45, 2.75) is 32.7 Å². The normalized spacial score (nSPS) is 12.1. The molecule has 1 atom stereocenters. The van der Waals surface area contributed by atoms with Gasteiger partial charge in [0.05, 0.1) is 6.04 Å². The highest BCUT2D eigenvalue weighted by molar-refractivity contribution is 7.10. The van der Waals surface area contributed by atoms with Crippen LogP contribution in [-0.4, -0.2) is 5.91 Å². The number of aryl methyl sites for hydroxylation is 1. The van der Waals surface area contributed by atoms with Crippen LogP contribution in [0.15, 0.2) is 35.7 Å². The highest BCUT2D eigenvalue weighted by Gasteiger charge is 2.16. The van der Waals surface area contributed by atoms with Gasteiger partial charge in [0, 0.05) is 16.1 Å². The largest absolute Gasteiger partial charge is 0.398 e. The Morgan fingerprint density at radius 3 is 2.80 bits per heavy atom. The number of nitrogen functional groups attached to an aromatic ring is 1. The number of nitrogens with one attached hydrogen (secondary N) is 1. The quantitative estimate of drug-likeness (QED) is 0.820. The van der Waals surface area contributed by atoms with Crippen molar-refractivity contribution in [1.82, 2.24) is 5.32 Å². The molecule has 2 rings (SSSR count). The number of amides is 1. The minimum Gasteiger partial charge on any atom is -0.398 e. The molecule has 1 aromatic heterocycles. The summed E-state index contributed by atoms with van der Waals surface area (Å²) in [6, 6.07) is 9.59. The number of thiophene rings is 1. The van der Waals surface area contributed by atoms with Crippen molar-refractivity contribution in [3.63, 3.8) is 0 Å². The average Bonchev–Trinajstić information content (AvgIpc) is 2.95. The second kappa shape index (κ2) is 6.57. The van der Waals surface area contributed by atoms with Crippen molar-refractivity contribution in [2.75, 3.05) is 5.73 Å². The van der Waals surface area contributed by atoms with Crippen molar-refractivity contribution in [3.8, 4) is 0 Å². The standard InChI is InChI=1S/C16H20N2OS/c1-3-5-14(15-6-4-9-20-15)18-16(19)12-8-7-11(2)13(17)10-12/h4,6-10,14H,3,5,17H2,1-2H3,(H,18,19). The molecular formula is C16H20N2OS. The molecule has 2 aromatic rings. The molecule has 0 bridgehead atoms. The van der Waals surface area contributed by atoms with Crippen LogP contribution in [0.4, 0.5) is 5.69 Å². The predicted octanol–water partition coefficient (Wildman–Crippen LogP) is 3.91. The second-order valence-electron chi connectivity index (χ2n) is 4.90. The van der Waals surface area contributed by atoms with Crippen molar-refractivity contribution >= 4 is 22.9 Å². The zero-order valence-corrected chi connectivity index (χ0v) is 12.7. The van der Waals surface area contributed by atoms with E-state index in [-0.39, 0.29) is 11.9 Å². The van der Waals surface area contributed by atoms with E-state index in [0.29, 0.717) is 11.3 Å². The van der Waals surface area contributed by atoms with E-state index in [1.165, 1.54) is 4.88 Å². The zero-order chi connectivity index (χ0) is 14.5. The number of hydrogen-bond acceptors (Lipinski definition) is 3. The van der Waals surface area contributed by atoms with Gasteiger partial charge in [-0.2, -0.15) is 0 Å². The number of carbonyl (C=O) groups excluding carboxylic acids is 1. The summed E-state index contributed by atoms with van der Waals surface area (Å²) in [5, 5.41) is 5.13. The predicted molar refractivity (Wildman–Crippen MR) is 85.0 cm³/mol. The molecule has 0 aliphatic carbocycles. The third kappa shape index (κ3) is 3.39. The van der Waals surface area contributed by atoms with Gasteiger partial charge in [0.15, 0.2) is 0 Å². The fourth-order valence-corrected chi connectivity index (χ4v) is 2.90. The van der Waals surface area contributed by atoms with E-state index in [2.05, 4.69) is 18.3 Å². The lowest BCUT2D eigenvalue weighted by molar-refractivity contribution is 0.0935. The summed E-state index contributed by atoms with van der Waals surface area (Å²) in [5.41, 5.74) is 8.13. The van der Waals surface area contributed by atoms with Gasteiger partial charge in [-0.05, 0) is 42.5 Å². The van der Waals surface area contributed by atoms with Crippen LogP contribution in [0, 0.1) is 6.92 Å². The summed E-state index contributed by atoms with van der Waals surface area (Å²) in [4.78, 5) is 13.5. The number of hydrogen-bond donors (Lipinski definition) is 2. The van der Waals surface area contributed by atoms with E-state index in [1.807, 2.05) is 30.5 Å². The first-order chi connectivity index (χ1) is 9.61. The lowest BCUT2D eigenvalue weighted by atomic mass is 10.1. The SMILES string of the molecule is CCCC(NC(=O)c1ccc(C)c(N)c1)c1cccs1. The number of anilines is 1. The summed E-state index contributed by atoms with van der Waals surface area (Å²) in [5.74, 6) is -0.0662. The van der Waals surface area contributed by atoms with Gasteiger partial charge < -0.3 is 11.1 Å². The first kappa shape index (κ1) is 14.6. The van der Waals surface area contributed by atoms with E-state index in [9.17, 15) is 4.79 Å². The summed E-state index contributed by atoms with van der Waals surface area (Å²) in [6.07, 6.45) is 1.96. The summed E-state index contributed by atoms with van der Waals surface area (Å²) in [7, 11) is 0. The molecule has 0 saturated heterocycles. The van der Waals surface area contributed by atoms with Crippen molar-refractivity contribution in [2.24, 2.45) is 0 Å². The van der Waals surface area contributed by atoms with Crippen LogP contribution in [0.5, 0.6) is 0 Å². The molecule has 0 radical (unpaired) electrons. The van der Waals surface area contributed by atoms with Crippen molar-refractivity contribution in [3.05, 3.63) is 51.7 Å². The Hall–Kier alpha value is -1.81. The Morgan fingerprint density at radius 2 is 2.20 bits per heavy atom. The fourth-order valence-electron chi connectivity index (χ4n) is 2.09. The Morgan fingerprint density at radius 1 is 1.40 bits per heavy atom. The lowest BCUT2D eigenvalue weighted by Gasteiger charge is -2.17. The van der Waals surface area contributed by atoms with E-state index in [0.717, 1.165) is 18.4 Å². The van der Waals surface area contributed by atoms with Gasteiger partial charge in [0.2, 0.25) is 0 Å². The van der Waals surface area contributed by atoms with E-state index >= 15 is 0 Å². The molecule has 0 aliphatic heterocycles. The molecule has 4 heteroatoms. The Labute approximate surface area is 123 Å². The molecule has 0 saturated carbocycles. The van der Waals surface area contributed by atoms with Gasteiger partial charge in [-0.1, -0.05) is 25.5 Å². The highest BCUT2D eigenvalue weighted by atomic mass is 32.1. The van der Waals surface area contributed by atoms with E-state index in [1.54, 1.807) is 17.4 Å². The molecule has 0 spiro atoms. The molecule has 3 nitrogen and oxygen atoms in total. The van der Waals surface area contributed by atoms with Gasteiger partial charge in [0.1, 0.15) is 0 Å². The third-order valence-electron chi connectivity index (χ3n) is 3.31. The fraction of sp³-hybridized carbons (Fsp3) is 0.312. The summed E-state index contributed by atoms with van der Waals surface area (Å²) >= 11 is 1.67. The van der Waals surface area contributed by atoms with Crippen LogP contribution >= 0.6 is 11.3 Å². The summed E-state index contributed by atoms with van der Waals surface area (Å²) < 4.78 is 0. The topological polar surface area (TPSA) is 55.1 Å². The molecule has 0 aliphatic rings. The minimum absolute atomic E-state index is 0.0662. The maximum absolute atomic E-state index is 12.3. The van der Waals surface area contributed by atoms with E-state index < -0.39 is 0 Å². The minimum atomic E-state index is -0.0662. The first-order valence-corrected chi connectivity index (χ1v) is 7.70. The van der Waals surface area contributed by atoms with Crippen LogP contribution in [0.2, 0.25) is 0 Å². The summed E-state index contributed by atoms with van der Waals surface area (Å²) in [6.45, 7) is 4.05. The molecule has 106 valence electrons. The van der Waals surface area contributed by atoms with Crippen LogP contribution in [0.1, 0.15) is 46.6 Å². The lowest BCUT2D eigenvalue weighted by Crippen LogP contribution is -2.28. The number of benzene rings is 1. The number of carbonyl (C=O) groups is 1. The second-order valence-corrected chi connectivity index (χ2v) is 5.88. The first-order valence-electron chi connectivity index (χ1n) is 6.82. The Kier molecular flexibility index (Phi) is 4.79. The van der Waals surface area contributed by atoms with Crippen LogP contribution in [0.25, 0.3) is 0 Å². The van der Waals surface area contributed by atoms with Crippen molar-refractivity contribution < 1.29 is 4.79 Å². The maximum atomic E-state index is 12.3. The van der Waals surface area contributed by atoms with Crippen molar-refractivity contribution in [1.29, 1.82) is 0 Å². The molecule has 3 N–H and O–H groups in total. The zero-order valence-electron chi connectivity index (χ0n) is 11.8. The Balaban J connectivity index is 2.13. The van der Waals surface area contributed by atoms with Gasteiger partial charge in [-0.25, -0.2) is 0 Å². The van der Waals surface area contributed by atoms with Crippen LogP contribution in [-0.2, 0) is 0 Å². The molecule has 1 unspecified atom stereocenters. The van der Waals surface area contributed by atoms with Gasteiger partial charge >= 0.3 is 0 Å². The van der Waals surface area contributed by atoms with Crippen LogP contribution < -0.4 is 11.1 Å². The van der Waals surface area contributed by atoms with Gasteiger partial charge in [-0.15, -0.1) is 11.3 Å². The van der Waals surface area contributed by atoms with Gasteiger partial charge in [0.25, 0.3) is 5.91 Å². The monoisotopic (exact) mass is 288 g/mol. The molecule has 0 fully saturated rings. The molecule has 20 heavy (non-hydrogen) atoms. The number of rotatable bonds is 5.